The molecule has 17 heavy (non-hydrogen) atoms. The summed E-state index contributed by atoms with van der Waals surface area (Å²) in [5.41, 5.74) is 4.29. The van der Waals surface area contributed by atoms with Crippen LogP contribution < -0.4 is 5.48 Å². The van der Waals surface area contributed by atoms with Crippen LogP contribution in [-0.2, 0) is 20.8 Å². The van der Waals surface area contributed by atoms with E-state index < -0.39 is 12.6 Å². The van der Waals surface area contributed by atoms with Crippen molar-refractivity contribution in [3.8, 4) is 0 Å². The third-order valence-corrected chi connectivity index (χ3v) is 2.10. The molecule has 0 fully saturated rings. The van der Waals surface area contributed by atoms with Crippen molar-refractivity contribution < 1.29 is 19.5 Å². The molecule has 0 atom stereocenters. The summed E-state index contributed by atoms with van der Waals surface area (Å²) in [6, 6.07) is 7.87. The Morgan fingerprint density at radius 3 is 2.82 bits per heavy atom. The van der Waals surface area contributed by atoms with Crippen LogP contribution in [0.25, 0.3) is 0 Å². The molecule has 5 nitrogen and oxygen atoms in total. The number of benzene rings is 1. The number of aryl methyl sites for hydroxylation is 2. The highest BCUT2D eigenvalue weighted by Crippen LogP contribution is 2.06. The zero-order chi connectivity index (χ0) is 12.7. The fraction of sp³-hybridized carbons (Fsp3) is 0.333. The van der Waals surface area contributed by atoms with Crippen LogP contribution in [0.15, 0.2) is 24.3 Å². The van der Waals surface area contributed by atoms with Gasteiger partial charge in [-0.1, -0.05) is 29.8 Å². The predicted octanol–water partition coefficient (Wildman–Crippen LogP) is 1.06. The summed E-state index contributed by atoms with van der Waals surface area (Å²) in [5.74, 6) is -1.45. The molecular weight excluding hydrogens is 222 g/mol. The number of carbonyl (C=O) groups is 2. The standard InChI is InChI=1S/C12H15NO4/c1-9-3-2-4-10(7-9)5-6-11(14)13-17-8-12(15)16/h2-4,7H,5-6,8H2,1H3,(H,13,14)(H,15,16). The van der Waals surface area contributed by atoms with E-state index in [1.165, 1.54) is 0 Å². The Kier molecular flexibility index (Phi) is 5.16. The van der Waals surface area contributed by atoms with E-state index in [1.807, 2.05) is 31.2 Å². The van der Waals surface area contributed by atoms with Gasteiger partial charge in [-0.2, -0.15) is 0 Å². The van der Waals surface area contributed by atoms with Gasteiger partial charge in [0.15, 0.2) is 6.61 Å². The highest BCUT2D eigenvalue weighted by molar-refractivity contribution is 5.75. The van der Waals surface area contributed by atoms with Crippen LogP contribution >= 0.6 is 0 Å². The molecule has 0 spiro atoms. The van der Waals surface area contributed by atoms with Crippen molar-refractivity contribution in [2.75, 3.05) is 6.61 Å². The van der Waals surface area contributed by atoms with Gasteiger partial charge in [-0.3, -0.25) is 9.63 Å². The van der Waals surface area contributed by atoms with Gasteiger partial charge >= 0.3 is 5.97 Å². The topological polar surface area (TPSA) is 75.6 Å². The molecule has 1 aromatic rings. The van der Waals surface area contributed by atoms with Gasteiger partial charge in [0.25, 0.3) is 0 Å². The summed E-state index contributed by atoms with van der Waals surface area (Å²) in [5, 5.41) is 8.29. The molecule has 0 heterocycles. The lowest BCUT2D eigenvalue weighted by atomic mass is 10.1. The Balaban J connectivity index is 2.26. The zero-order valence-corrected chi connectivity index (χ0v) is 9.60. The van der Waals surface area contributed by atoms with Crippen molar-refractivity contribution >= 4 is 11.9 Å². The van der Waals surface area contributed by atoms with Crippen molar-refractivity contribution in [1.82, 2.24) is 5.48 Å². The molecule has 0 bridgehead atoms. The summed E-state index contributed by atoms with van der Waals surface area (Å²) >= 11 is 0. The maximum absolute atomic E-state index is 11.3. The minimum absolute atomic E-state index is 0.267. The van der Waals surface area contributed by atoms with E-state index in [9.17, 15) is 9.59 Å². The van der Waals surface area contributed by atoms with Gasteiger partial charge in [-0.25, -0.2) is 10.3 Å². The number of carboxylic acids is 1. The first-order chi connectivity index (χ1) is 8.08. The molecule has 1 amide bonds. The van der Waals surface area contributed by atoms with Gasteiger partial charge < -0.3 is 5.11 Å². The van der Waals surface area contributed by atoms with E-state index in [0.717, 1.165) is 11.1 Å². The number of rotatable bonds is 6. The molecule has 0 aromatic heterocycles. The minimum atomic E-state index is -1.12. The first-order valence-corrected chi connectivity index (χ1v) is 5.26. The summed E-state index contributed by atoms with van der Waals surface area (Å²) in [7, 11) is 0. The lowest BCUT2D eigenvalue weighted by Crippen LogP contribution is -2.26. The first kappa shape index (κ1) is 13.2. The van der Waals surface area contributed by atoms with Gasteiger partial charge in [0.05, 0.1) is 0 Å². The van der Waals surface area contributed by atoms with Crippen molar-refractivity contribution in [2.45, 2.75) is 19.8 Å². The number of aliphatic carboxylic acids is 1. The molecule has 1 aromatic carbocycles. The Morgan fingerprint density at radius 2 is 2.18 bits per heavy atom. The van der Waals surface area contributed by atoms with Crippen molar-refractivity contribution in [2.24, 2.45) is 0 Å². The Hall–Kier alpha value is -1.88. The van der Waals surface area contributed by atoms with Crippen LogP contribution in [0.5, 0.6) is 0 Å². The number of amides is 1. The van der Waals surface area contributed by atoms with Crippen molar-refractivity contribution in [3.63, 3.8) is 0 Å². The quantitative estimate of drug-likeness (QED) is 0.725. The summed E-state index contributed by atoms with van der Waals surface area (Å²) in [6.07, 6.45) is 0.868. The predicted molar refractivity (Wildman–Crippen MR) is 61.2 cm³/mol. The second kappa shape index (κ2) is 6.65. The van der Waals surface area contributed by atoms with Crippen molar-refractivity contribution in [1.29, 1.82) is 0 Å². The normalized spacial score (nSPS) is 9.94. The molecule has 2 N–H and O–H groups in total. The average molecular weight is 237 g/mol. The second-order valence-corrected chi connectivity index (χ2v) is 3.70. The average Bonchev–Trinajstić information content (AvgIpc) is 2.26. The summed E-state index contributed by atoms with van der Waals surface area (Å²) in [6.45, 7) is 1.45. The van der Waals surface area contributed by atoms with Gasteiger partial charge in [0, 0.05) is 6.42 Å². The molecule has 0 aliphatic carbocycles. The Morgan fingerprint density at radius 1 is 1.41 bits per heavy atom. The monoisotopic (exact) mass is 237 g/mol. The molecule has 1 rings (SSSR count). The van der Waals surface area contributed by atoms with Crippen LogP contribution in [-0.4, -0.2) is 23.6 Å². The van der Waals surface area contributed by atoms with Gasteiger partial charge in [-0.05, 0) is 18.9 Å². The van der Waals surface area contributed by atoms with Crippen molar-refractivity contribution in [3.05, 3.63) is 35.4 Å². The van der Waals surface area contributed by atoms with Gasteiger partial charge in [0.1, 0.15) is 0 Å². The van der Waals surface area contributed by atoms with E-state index in [1.54, 1.807) is 0 Å². The van der Waals surface area contributed by atoms with Crippen LogP contribution in [0.2, 0.25) is 0 Å². The lowest BCUT2D eigenvalue weighted by Gasteiger charge is -2.04. The number of carbonyl (C=O) groups excluding carboxylic acids is 1. The number of carboxylic acid groups (broad SMARTS) is 1. The van der Waals surface area contributed by atoms with Crippen LogP contribution in [0, 0.1) is 6.92 Å². The minimum Gasteiger partial charge on any atom is -0.479 e. The van der Waals surface area contributed by atoms with E-state index in [4.69, 9.17) is 5.11 Å². The maximum Gasteiger partial charge on any atom is 0.332 e. The van der Waals surface area contributed by atoms with E-state index in [2.05, 4.69) is 10.3 Å². The third-order valence-electron chi connectivity index (χ3n) is 2.10. The fourth-order valence-electron chi connectivity index (χ4n) is 1.35. The SMILES string of the molecule is Cc1cccc(CCC(=O)NOCC(=O)O)c1. The van der Waals surface area contributed by atoms with Crippen LogP contribution in [0.3, 0.4) is 0 Å². The summed E-state index contributed by atoms with van der Waals surface area (Å²) in [4.78, 5) is 25.8. The molecular formula is C12H15NO4. The Labute approximate surface area is 99.4 Å². The van der Waals surface area contributed by atoms with E-state index in [-0.39, 0.29) is 12.3 Å². The van der Waals surface area contributed by atoms with E-state index in [0.29, 0.717) is 6.42 Å². The number of nitrogens with one attached hydrogen (secondary N) is 1. The molecule has 0 aliphatic rings. The second-order valence-electron chi connectivity index (χ2n) is 3.70. The molecule has 5 heteroatoms. The highest BCUT2D eigenvalue weighted by atomic mass is 16.7. The maximum atomic E-state index is 11.3. The van der Waals surface area contributed by atoms with Gasteiger partial charge in [-0.15, -0.1) is 0 Å². The number of hydrogen-bond donors (Lipinski definition) is 2. The molecule has 0 unspecified atom stereocenters. The van der Waals surface area contributed by atoms with E-state index >= 15 is 0 Å². The smallest absolute Gasteiger partial charge is 0.332 e. The molecule has 0 saturated carbocycles. The third kappa shape index (κ3) is 5.67. The summed E-state index contributed by atoms with van der Waals surface area (Å²) < 4.78 is 0. The van der Waals surface area contributed by atoms with Crippen LogP contribution in [0.4, 0.5) is 0 Å². The van der Waals surface area contributed by atoms with Gasteiger partial charge in [0.2, 0.25) is 5.91 Å². The first-order valence-electron chi connectivity index (χ1n) is 5.26. The van der Waals surface area contributed by atoms with Crippen LogP contribution in [0.1, 0.15) is 17.5 Å². The number of hydrogen-bond acceptors (Lipinski definition) is 3. The molecule has 0 radical (unpaired) electrons. The Bertz CT molecular complexity index is 403. The highest BCUT2D eigenvalue weighted by Gasteiger charge is 2.03. The fourth-order valence-corrected chi connectivity index (χ4v) is 1.35. The largest absolute Gasteiger partial charge is 0.479 e. The molecule has 92 valence electrons. The molecule has 0 aliphatic heterocycles. The molecule has 0 saturated heterocycles. The lowest BCUT2D eigenvalue weighted by molar-refractivity contribution is -0.149. The number of hydroxylamine groups is 1. The zero-order valence-electron chi connectivity index (χ0n) is 9.60.